The molecule has 0 bridgehead atoms. The summed E-state index contributed by atoms with van der Waals surface area (Å²) < 4.78 is 18.0. The van der Waals surface area contributed by atoms with E-state index in [0.717, 1.165) is 6.07 Å². The Hall–Kier alpha value is -2.44. The Kier molecular flexibility index (Phi) is 2.99. The van der Waals surface area contributed by atoms with Gasteiger partial charge in [0.2, 0.25) is 5.82 Å². The standard InChI is InChI=1S/C10H7FN4O2/c1-17-10(16)7-3-2-6(4-8(7)11)9-14-12-5-13-15-9/h2-5H,1H3. The van der Waals surface area contributed by atoms with Crippen molar-refractivity contribution in [1.82, 2.24) is 20.4 Å². The van der Waals surface area contributed by atoms with E-state index in [2.05, 4.69) is 25.1 Å². The van der Waals surface area contributed by atoms with E-state index in [-0.39, 0.29) is 11.4 Å². The van der Waals surface area contributed by atoms with Crippen LogP contribution in [0.1, 0.15) is 10.4 Å². The molecule has 0 N–H and O–H groups in total. The summed E-state index contributed by atoms with van der Waals surface area (Å²) in [5.74, 6) is -1.26. The second-order valence-corrected chi connectivity index (χ2v) is 3.06. The van der Waals surface area contributed by atoms with Crippen LogP contribution in [0.25, 0.3) is 11.4 Å². The molecule has 0 spiro atoms. The minimum absolute atomic E-state index is 0.145. The number of aromatic nitrogens is 4. The molecule has 0 aliphatic rings. The van der Waals surface area contributed by atoms with Crippen molar-refractivity contribution in [2.75, 3.05) is 7.11 Å². The predicted molar refractivity (Wildman–Crippen MR) is 54.4 cm³/mol. The molecule has 1 heterocycles. The number of nitrogens with zero attached hydrogens (tertiary/aromatic N) is 4. The second-order valence-electron chi connectivity index (χ2n) is 3.06. The average molecular weight is 234 g/mol. The molecule has 0 unspecified atom stereocenters. The summed E-state index contributed by atoms with van der Waals surface area (Å²) >= 11 is 0. The van der Waals surface area contributed by atoms with E-state index < -0.39 is 11.8 Å². The molecule has 7 heteroatoms. The highest BCUT2D eigenvalue weighted by Gasteiger charge is 2.13. The van der Waals surface area contributed by atoms with Gasteiger partial charge in [-0.15, -0.1) is 20.4 Å². The van der Waals surface area contributed by atoms with Gasteiger partial charge in [-0.05, 0) is 18.2 Å². The first kappa shape index (κ1) is 11.1. The van der Waals surface area contributed by atoms with Gasteiger partial charge in [-0.1, -0.05) is 0 Å². The lowest BCUT2D eigenvalue weighted by molar-refractivity contribution is 0.0595. The van der Waals surface area contributed by atoms with Gasteiger partial charge in [0.15, 0.2) is 6.33 Å². The van der Waals surface area contributed by atoms with Crippen LogP contribution in [0.15, 0.2) is 24.5 Å². The van der Waals surface area contributed by atoms with Gasteiger partial charge < -0.3 is 4.74 Å². The molecule has 2 aromatic rings. The van der Waals surface area contributed by atoms with Crippen LogP contribution in [-0.2, 0) is 4.74 Å². The smallest absolute Gasteiger partial charge is 0.340 e. The molecule has 2 rings (SSSR count). The zero-order valence-electron chi connectivity index (χ0n) is 8.79. The van der Waals surface area contributed by atoms with Gasteiger partial charge in [-0.25, -0.2) is 9.18 Å². The minimum atomic E-state index is -0.737. The summed E-state index contributed by atoms with van der Waals surface area (Å²) in [6.07, 6.45) is 1.17. The van der Waals surface area contributed by atoms with Crippen molar-refractivity contribution < 1.29 is 13.9 Å². The van der Waals surface area contributed by atoms with Gasteiger partial charge in [0.25, 0.3) is 0 Å². The van der Waals surface area contributed by atoms with Crippen LogP contribution in [0.5, 0.6) is 0 Å². The van der Waals surface area contributed by atoms with Crippen molar-refractivity contribution in [1.29, 1.82) is 0 Å². The maximum Gasteiger partial charge on any atom is 0.340 e. The molecular weight excluding hydrogens is 227 g/mol. The SMILES string of the molecule is COC(=O)c1ccc(-c2nncnn2)cc1F. The van der Waals surface area contributed by atoms with Crippen LogP contribution in [-0.4, -0.2) is 33.5 Å². The van der Waals surface area contributed by atoms with E-state index in [1.165, 1.54) is 25.6 Å². The molecule has 86 valence electrons. The quantitative estimate of drug-likeness (QED) is 0.717. The Morgan fingerprint density at radius 2 is 2.00 bits per heavy atom. The Bertz CT molecular complexity index is 547. The van der Waals surface area contributed by atoms with E-state index in [9.17, 15) is 9.18 Å². The van der Waals surface area contributed by atoms with Crippen LogP contribution in [0, 0.1) is 5.82 Å². The van der Waals surface area contributed by atoms with E-state index in [4.69, 9.17) is 0 Å². The molecule has 1 aromatic carbocycles. The van der Waals surface area contributed by atoms with Crippen molar-refractivity contribution in [2.45, 2.75) is 0 Å². The number of carbonyl (C=O) groups is 1. The lowest BCUT2D eigenvalue weighted by atomic mass is 10.1. The summed E-state index contributed by atoms with van der Waals surface area (Å²) in [6, 6.07) is 3.92. The fourth-order valence-electron chi connectivity index (χ4n) is 1.25. The maximum atomic E-state index is 13.6. The van der Waals surface area contributed by atoms with Crippen molar-refractivity contribution in [3.05, 3.63) is 35.9 Å². The molecule has 0 saturated heterocycles. The molecule has 0 aliphatic carbocycles. The summed E-state index contributed by atoms with van der Waals surface area (Å²) in [6.45, 7) is 0. The fourth-order valence-corrected chi connectivity index (χ4v) is 1.25. The maximum absolute atomic E-state index is 13.6. The Morgan fingerprint density at radius 3 is 2.59 bits per heavy atom. The van der Waals surface area contributed by atoms with Gasteiger partial charge in [-0.2, -0.15) is 0 Å². The highest BCUT2D eigenvalue weighted by Crippen LogP contribution is 2.17. The van der Waals surface area contributed by atoms with Crippen LogP contribution >= 0.6 is 0 Å². The van der Waals surface area contributed by atoms with Gasteiger partial charge in [-0.3, -0.25) is 0 Å². The summed E-state index contributed by atoms with van der Waals surface area (Å²) in [7, 11) is 1.18. The summed E-state index contributed by atoms with van der Waals surface area (Å²) in [5, 5.41) is 14.4. The molecule has 0 amide bonds. The minimum Gasteiger partial charge on any atom is -0.465 e. The molecule has 6 nitrogen and oxygen atoms in total. The molecular formula is C10H7FN4O2. The number of hydrogen-bond donors (Lipinski definition) is 0. The molecule has 1 aromatic heterocycles. The Morgan fingerprint density at radius 1 is 1.29 bits per heavy atom. The van der Waals surface area contributed by atoms with Crippen LogP contribution < -0.4 is 0 Å². The van der Waals surface area contributed by atoms with E-state index in [1.54, 1.807) is 0 Å². The third kappa shape index (κ3) is 2.22. The third-order valence-corrected chi connectivity index (χ3v) is 2.04. The average Bonchev–Trinajstić information content (AvgIpc) is 2.39. The number of rotatable bonds is 2. The van der Waals surface area contributed by atoms with Gasteiger partial charge in [0, 0.05) is 5.56 Å². The topological polar surface area (TPSA) is 77.9 Å². The highest BCUT2D eigenvalue weighted by atomic mass is 19.1. The lowest BCUT2D eigenvalue weighted by Gasteiger charge is -2.02. The van der Waals surface area contributed by atoms with Crippen molar-refractivity contribution >= 4 is 5.97 Å². The van der Waals surface area contributed by atoms with Gasteiger partial charge >= 0.3 is 5.97 Å². The zero-order chi connectivity index (χ0) is 12.3. The third-order valence-electron chi connectivity index (χ3n) is 2.04. The monoisotopic (exact) mass is 234 g/mol. The first-order valence-corrected chi connectivity index (χ1v) is 4.61. The Labute approximate surface area is 95.5 Å². The number of ether oxygens (including phenoxy) is 1. The largest absolute Gasteiger partial charge is 0.465 e. The molecule has 0 atom stereocenters. The van der Waals surface area contributed by atoms with E-state index in [1.807, 2.05) is 0 Å². The Balaban J connectivity index is 2.41. The lowest BCUT2D eigenvalue weighted by Crippen LogP contribution is -2.04. The van der Waals surface area contributed by atoms with E-state index >= 15 is 0 Å². The second kappa shape index (κ2) is 4.60. The van der Waals surface area contributed by atoms with Crippen LogP contribution in [0.2, 0.25) is 0 Å². The highest BCUT2D eigenvalue weighted by molar-refractivity contribution is 5.90. The molecule has 0 fully saturated rings. The van der Waals surface area contributed by atoms with Crippen molar-refractivity contribution in [2.24, 2.45) is 0 Å². The molecule has 0 saturated carbocycles. The fraction of sp³-hybridized carbons (Fsp3) is 0.100. The number of hydrogen-bond acceptors (Lipinski definition) is 6. The van der Waals surface area contributed by atoms with Gasteiger partial charge in [0.1, 0.15) is 5.82 Å². The number of methoxy groups -OCH3 is 1. The molecule has 0 radical (unpaired) electrons. The van der Waals surface area contributed by atoms with Crippen LogP contribution in [0.3, 0.4) is 0 Å². The molecule has 17 heavy (non-hydrogen) atoms. The number of halogens is 1. The summed E-state index contributed by atoms with van der Waals surface area (Å²) in [4.78, 5) is 11.2. The van der Waals surface area contributed by atoms with Gasteiger partial charge in [0.05, 0.1) is 12.7 Å². The number of benzene rings is 1. The molecule has 0 aliphatic heterocycles. The van der Waals surface area contributed by atoms with Crippen molar-refractivity contribution in [3.63, 3.8) is 0 Å². The summed E-state index contributed by atoms with van der Waals surface area (Å²) in [5.41, 5.74) is 0.240. The number of carbonyl (C=O) groups excluding carboxylic acids is 1. The van der Waals surface area contributed by atoms with Crippen LogP contribution in [0.4, 0.5) is 4.39 Å². The normalized spacial score (nSPS) is 10.0. The zero-order valence-corrected chi connectivity index (χ0v) is 8.79. The first-order chi connectivity index (χ1) is 8.22. The van der Waals surface area contributed by atoms with Crippen molar-refractivity contribution in [3.8, 4) is 11.4 Å². The predicted octanol–water partition coefficient (Wildman–Crippen LogP) is 0.859. The van der Waals surface area contributed by atoms with E-state index in [0.29, 0.717) is 5.56 Å². The number of esters is 1. The first-order valence-electron chi connectivity index (χ1n) is 4.61.